The van der Waals surface area contributed by atoms with Crippen LogP contribution in [-0.4, -0.2) is 121 Å². The molecule has 0 aliphatic heterocycles. The smallest absolute Gasteiger partial charge is 0.304 e. The summed E-state index contributed by atoms with van der Waals surface area (Å²) < 4.78 is 70.8. The number of rotatable bonds is 36. The third-order valence-corrected chi connectivity index (χ3v) is 20.1. The van der Waals surface area contributed by atoms with Crippen LogP contribution in [0, 0.1) is 27.7 Å². The van der Waals surface area contributed by atoms with Crippen molar-refractivity contribution in [2.75, 3.05) is 33.8 Å². The largest absolute Gasteiger partial charge is 0.493 e. The van der Waals surface area contributed by atoms with Crippen molar-refractivity contribution in [1.82, 2.24) is 50.3 Å². The predicted molar refractivity (Wildman–Crippen MR) is 351 cm³/mol. The highest BCUT2D eigenvalue weighted by Crippen LogP contribution is 2.39. The zero-order chi connectivity index (χ0) is 65.4. The van der Waals surface area contributed by atoms with Crippen LogP contribution in [0.4, 0.5) is 11.4 Å². The lowest BCUT2D eigenvalue weighted by atomic mass is 9.73. The molecule has 4 aromatic heterocycles. The van der Waals surface area contributed by atoms with E-state index in [1.807, 2.05) is 107 Å². The van der Waals surface area contributed by atoms with Gasteiger partial charge in [-0.3, -0.25) is 34.0 Å². The molecule has 490 valence electrons. The second kappa shape index (κ2) is 31.6. The highest BCUT2D eigenvalue weighted by Gasteiger charge is 2.46. The van der Waals surface area contributed by atoms with Gasteiger partial charge in [0.15, 0.2) is 29.0 Å². The summed E-state index contributed by atoms with van der Waals surface area (Å²) in [6.45, 7) is 28.2. The average molecular weight is 1300 g/mol. The highest BCUT2D eigenvalue weighted by molar-refractivity contribution is 7.99. The van der Waals surface area contributed by atoms with Crippen LogP contribution in [0.2, 0.25) is 5.02 Å². The first-order valence-electron chi connectivity index (χ1n) is 30.7. The number of sulfonamides is 2. The molecule has 1 unspecified atom stereocenters. The summed E-state index contributed by atoms with van der Waals surface area (Å²) in [4.78, 5) is 38.8. The lowest BCUT2D eigenvalue weighted by Gasteiger charge is -2.41. The van der Waals surface area contributed by atoms with Crippen LogP contribution in [0.25, 0.3) is 11.3 Å². The summed E-state index contributed by atoms with van der Waals surface area (Å²) in [5.74, 6) is 1.33. The van der Waals surface area contributed by atoms with E-state index < -0.39 is 54.0 Å². The van der Waals surface area contributed by atoms with Gasteiger partial charge in [-0.25, -0.2) is 25.9 Å². The van der Waals surface area contributed by atoms with Crippen LogP contribution in [0.15, 0.2) is 41.3 Å². The number of unbranched alkanes of at least 4 members (excludes halogenated alkanes) is 10. The predicted octanol–water partition coefficient (Wildman–Crippen LogP) is 12.4. The van der Waals surface area contributed by atoms with Crippen LogP contribution in [-0.2, 0) is 45.3 Å². The van der Waals surface area contributed by atoms with E-state index in [0.29, 0.717) is 78.9 Å². The SMILES string of the molecule is CCCCCCCCCCCCC(Oc1ccc(NS(=O)(=O)CCCC)cc1NS(C)(=O)=O)C(=O)NC(C)(C)C(C)(C)c1nnc2c(Cl)c(C)[nH]n12.Cc1ccc(OCCCC(=O)NC(C)(C)C(C)(C)c2nnc3c(SCCC(=O)O)c(C)[nH]n23)c(C)c1. The maximum atomic E-state index is 14.2. The summed E-state index contributed by atoms with van der Waals surface area (Å²) >= 11 is 7.88. The van der Waals surface area contributed by atoms with Gasteiger partial charge < -0.3 is 25.2 Å². The first-order chi connectivity index (χ1) is 41.1. The molecule has 0 spiro atoms. The number of amides is 2. The van der Waals surface area contributed by atoms with E-state index in [2.05, 4.69) is 63.7 Å². The molecule has 7 N–H and O–H groups in total. The van der Waals surface area contributed by atoms with E-state index in [0.717, 1.165) is 53.1 Å². The van der Waals surface area contributed by atoms with Crippen LogP contribution in [0.5, 0.6) is 11.5 Å². The lowest BCUT2D eigenvalue weighted by Crippen LogP contribution is -2.59. The Kier molecular flexibility index (Phi) is 26.1. The zero-order valence-corrected chi connectivity index (χ0v) is 57.6. The third-order valence-electron chi connectivity index (χ3n) is 16.5. The fraction of sp³-hybridized carbons (Fsp3) is 0.629. The summed E-state index contributed by atoms with van der Waals surface area (Å²) in [7, 11) is -7.45. The number of hydrogen-bond acceptors (Lipinski definition) is 14. The maximum Gasteiger partial charge on any atom is 0.304 e. The number of carboxylic acid groups (broad SMARTS) is 1. The molecule has 0 aliphatic carbocycles. The fourth-order valence-corrected chi connectivity index (χ4v) is 12.8. The Bertz CT molecular complexity index is 3530. The molecule has 4 heterocycles. The Hall–Kier alpha value is -6.05. The number of fused-ring (bicyclic) bond motifs is 2. The number of aromatic amines is 2. The Morgan fingerprint density at radius 2 is 1.24 bits per heavy atom. The first-order valence-corrected chi connectivity index (χ1v) is 35.6. The lowest BCUT2D eigenvalue weighted by molar-refractivity contribution is -0.136. The van der Waals surface area contributed by atoms with Gasteiger partial charge in [-0.1, -0.05) is 135 Å². The van der Waals surface area contributed by atoms with E-state index in [1.165, 1.54) is 74.0 Å². The molecule has 6 rings (SSSR count). The van der Waals surface area contributed by atoms with Gasteiger partial charge in [0.2, 0.25) is 26.0 Å². The number of thioether (sulfide) groups is 1. The average Bonchev–Trinajstić information content (AvgIpc) is 2.33. The van der Waals surface area contributed by atoms with Gasteiger partial charge in [-0.05, 0) is 111 Å². The quantitative estimate of drug-likeness (QED) is 0.0142. The van der Waals surface area contributed by atoms with Crippen LogP contribution in [0.3, 0.4) is 0 Å². The fourth-order valence-electron chi connectivity index (χ4n) is 9.86. The number of aliphatic carboxylic acids is 1. The Labute approximate surface area is 530 Å². The van der Waals surface area contributed by atoms with Gasteiger partial charge in [0.05, 0.1) is 47.0 Å². The minimum Gasteiger partial charge on any atom is -0.493 e. The number of nitrogens with one attached hydrogen (secondary N) is 6. The van der Waals surface area contributed by atoms with Crippen molar-refractivity contribution in [3.05, 3.63) is 75.6 Å². The number of nitrogens with zero attached hydrogens (tertiary/aromatic N) is 6. The minimum absolute atomic E-state index is 0.0171. The molecular formula is C62H97ClN12O10S3. The van der Waals surface area contributed by atoms with Gasteiger partial charge in [0.1, 0.15) is 16.5 Å². The minimum atomic E-state index is -3.80. The van der Waals surface area contributed by atoms with Crippen LogP contribution >= 0.6 is 23.4 Å². The molecule has 22 nitrogen and oxygen atoms in total. The molecule has 0 aliphatic rings. The first kappa shape index (κ1) is 72.7. The van der Waals surface area contributed by atoms with Gasteiger partial charge in [-0.15, -0.1) is 32.2 Å². The Morgan fingerprint density at radius 1 is 0.682 bits per heavy atom. The van der Waals surface area contributed by atoms with Crippen molar-refractivity contribution in [2.24, 2.45) is 0 Å². The van der Waals surface area contributed by atoms with E-state index in [4.69, 9.17) is 26.2 Å². The number of H-pyrrole nitrogens is 2. The number of carbonyl (C=O) groups is 3. The van der Waals surface area contributed by atoms with Gasteiger partial charge in [-0.2, -0.15) is 0 Å². The molecule has 0 fully saturated rings. The summed E-state index contributed by atoms with van der Waals surface area (Å²) in [6, 6.07) is 10.4. The van der Waals surface area contributed by atoms with E-state index in [1.54, 1.807) is 4.52 Å². The normalized spacial score (nSPS) is 12.9. The van der Waals surface area contributed by atoms with Crippen molar-refractivity contribution in [1.29, 1.82) is 0 Å². The molecule has 0 bridgehead atoms. The zero-order valence-electron chi connectivity index (χ0n) is 54.4. The number of anilines is 2. The Balaban J connectivity index is 0.000000342. The van der Waals surface area contributed by atoms with Crippen molar-refractivity contribution >= 4 is 83.9 Å². The summed E-state index contributed by atoms with van der Waals surface area (Å²) in [5, 5.41) is 39.8. The molecule has 26 heteroatoms. The van der Waals surface area contributed by atoms with Crippen molar-refractivity contribution in [3.8, 4) is 11.5 Å². The molecule has 0 saturated heterocycles. The number of aromatic nitrogens is 8. The second-order valence-corrected chi connectivity index (χ2v) is 30.2. The number of halogens is 1. The van der Waals surface area contributed by atoms with Crippen molar-refractivity contribution < 1.29 is 45.8 Å². The van der Waals surface area contributed by atoms with Crippen LogP contribution in [0.1, 0.15) is 206 Å². The molecule has 2 aromatic carbocycles. The van der Waals surface area contributed by atoms with E-state index in [9.17, 15) is 31.2 Å². The maximum absolute atomic E-state index is 14.2. The molecule has 88 heavy (non-hydrogen) atoms. The molecule has 6 aromatic rings. The number of benzene rings is 2. The van der Waals surface area contributed by atoms with Gasteiger partial charge in [0.25, 0.3) is 5.91 Å². The molecule has 2 amide bonds. The second-order valence-electron chi connectivity index (χ2n) is 25.2. The van der Waals surface area contributed by atoms with E-state index >= 15 is 0 Å². The van der Waals surface area contributed by atoms with Gasteiger partial charge in [0, 0.05) is 39.8 Å². The Morgan fingerprint density at radius 3 is 1.83 bits per heavy atom. The third kappa shape index (κ3) is 20.0. The topological polar surface area (TPSA) is 298 Å². The van der Waals surface area contributed by atoms with Crippen molar-refractivity contribution in [2.45, 2.75) is 233 Å². The van der Waals surface area contributed by atoms with E-state index in [-0.39, 0.29) is 41.1 Å². The highest BCUT2D eigenvalue weighted by atomic mass is 35.5. The molecular weight excluding hydrogens is 1200 g/mol. The summed E-state index contributed by atoms with van der Waals surface area (Å²) in [6.07, 6.45) is 13.8. The summed E-state index contributed by atoms with van der Waals surface area (Å²) in [5.41, 5.74) is 2.43. The van der Waals surface area contributed by atoms with Crippen molar-refractivity contribution in [3.63, 3.8) is 0 Å². The number of hydrogen-bond donors (Lipinski definition) is 7. The number of carbonyl (C=O) groups excluding carboxylic acids is 2. The number of aryl methyl sites for hydroxylation is 4. The number of carboxylic acids is 1. The number of ether oxygens (including phenoxy) is 2. The molecule has 0 radical (unpaired) electrons. The monoisotopic (exact) mass is 1300 g/mol. The van der Waals surface area contributed by atoms with Crippen LogP contribution < -0.4 is 29.6 Å². The van der Waals surface area contributed by atoms with Gasteiger partial charge >= 0.3 is 5.97 Å². The molecule has 0 saturated carbocycles. The standard InChI is InChI=1S/C36H60ClN7O6S2.C26H37N5O4S/c1-9-11-13-14-15-16-17-18-19-20-21-30(33(45)38-36(6,7)35(4,5)34-40-39-32-31(37)26(3)41-44(32)34)50-29-23-22-27(25-28(29)43-51(8,46)47)42-52(48,49)24-12-10-2;1-16-10-11-19(17(2)15-16)35-13-8-9-20(32)27-26(6,7)25(4,5)24-29-28-23-22(18(3)30-31(23)24)36-14-12-21(33)34/h22-23,25,30,41-43H,9-21,24H2,1-8H3,(H,38,45);10-11,15,30H,8-9,12-14H2,1-7H3,(H,27,32)(H,33,34). The molecule has 1 atom stereocenters.